The van der Waals surface area contributed by atoms with Gasteiger partial charge in [0.2, 0.25) is 0 Å². The zero-order chi connectivity index (χ0) is 22.9. The van der Waals surface area contributed by atoms with E-state index in [2.05, 4.69) is 21.2 Å². The van der Waals surface area contributed by atoms with Crippen molar-refractivity contribution in [3.8, 4) is 0 Å². The van der Waals surface area contributed by atoms with E-state index in [1.165, 1.54) is 7.11 Å². The zero-order valence-corrected chi connectivity index (χ0v) is 20.0. The number of allylic oxidation sites excluding steroid dienone is 3. The molecule has 1 aromatic rings. The second-order valence-electron chi connectivity index (χ2n) is 8.18. The quantitative estimate of drug-likeness (QED) is 0.487. The van der Waals surface area contributed by atoms with E-state index in [4.69, 9.17) is 9.47 Å². The number of ketones is 1. The molecular weight excluding hydrogens is 462 g/mol. The molecule has 0 amide bonds. The fraction of sp³-hybridized carbons (Fsp3) is 0.458. The summed E-state index contributed by atoms with van der Waals surface area (Å²) in [5.74, 6) is -3.09. The van der Waals surface area contributed by atoms with Crippen LogP contribution >= 0.6 is 15.9 Å². The van der Waals surface area contributed by atoms with Crippen LogP contribution in [0.2, 0.25) is 0 Å². The predicted molar refractivity (Wildman–Crippen MR) is 120 cm³/mol. The molecule has 0 spiro atoms. The summed E-state index contributed by atoms with van der Waals surface area (Å²) in [6.07, 6.45) is 0.931. The third-order valence-corrected chi connectivity index (χ3v) is 6.78. The van der Waals surface area contributed by atoms with Crippen LogP contribution in [-0.4, -0.2) is 30.9 Å². The number of esters is 2. The summed E-state index contributed by atoms with van der Waals surface area (Å²) < 4.78 is 11.4. The SMILES string of the molecule is CCC(C)OC(=O)C1=C(C)NC2=C(C(=O)C(C(=O)OC)C(C)C2)C1c1ccccc1Br. The molecule has 2 aliphatic rings. The minimum absolute atomic E-state index is 0.215. The Morgan fingerprint density at radius 1 is 1.29 bits per heavy atom. The molecule has 31 heavy (non-hydrogen) atoms. The lowest BCUT2D eigenvalue weighted by Crippen LogP contribution is -2.43. The van der Waals surface area contributed by atoms with Crippen LogP contribution in [0.15, 0.2) is 51.3 Å². The third kappa shape index (κ3) is 4.33. The molecule has 0 saturated carbocycles. The van der Waals surface area contributed by atoms with Gasteiger partial charge in [-0.15, -0.1) is 0 Å². The number of rotatable bonds is 5. The maximum atomic E-state index is 13.6. The van der Waals surface area contributed by atoms with E-state index in [0.717, 1.165) is 15.7 Å². The van der Waals surface area contributed by atoms with Crippen LogP contribution in [0.25, 0.3) is 0 Å². The first-order chi connectivity index (χ1) is 14.7. The summed E-state index contributed by atoms with van der Waals surface area (Å²) in [6, 6.07) is 7.49. The molecule has 1 aliphatic heterocycles. The maximum absolute atomic E-state index is 13.6. The number of nitrogens with one attached hydrogen (secondary N) is 1. The second-order valence-corrected chi connectivity index (χ2v) is 9.04. The van der Waals surface area contributed by atoms with Gasteiger partial charge < -0.3 is 14.8 Å². The molecule has 0 fully saturated rings. The maximum Gasteiger partial charge on any atom is 0.337 e. The van der Waals surface area contributed by atoms with Crippen LogP contribution in [0, 0.1) is 11.8 Å². The molecule has 0 saturated heterocycles. The van der Waals surface area contributed by atoms with Gasteiger partial charge in [0.15, 0.2) is 5.78 Å². The highest BCUT2D eigenvalue weighted by Gasteiger charge is 2.47. The van der Waals surface area contributed by atoms with Gasteiger partial charge in [0, 0.05) is 27.4 Å². The summed E-state index contributed by atoms with van der Waals surface area (Å²) in [7, 11) is 1.29. The minimum atomic E-state index is -0.902. The fourth-order valence-corrected chi connectivity index (χ4v) is 4.81. The van der Waals surface area contributed by atoms with Crippen LogP contribution in [0.1, 0.15) is 52.0 Å². The first kappa shape index (κ1) is 23.3. The summed E-state index contributed by atoms with van der Waals surface area (Å²) in [5.41, 5.74) is 3.00. The van der Waals surface area contributed by atoms with E-state index in [-0.39, 0.29) is 17.8 Å². The van der Waals surface area contributed by atoms with E-state index in [9.17, 15) is 14.4 Å². The lowest BCUT2D eigenvalue weighted by atomic mass is 9.69. The van der Waals surface area contributed by atoms with Crippen molar-refractivity contribution in [2.45, 2.75) is 52.6 Å². The summed E-state index contributed by atoms with van der Waals surface area (Å²) >= 11 is 3.58. The lowest BCUT2D eigenvalue weighted by molar-refractivity contribution is -0.151. The molecule has 0 bridgehead atoms. The van der Waals surface area contributed by atoms with Gasteiger partial charge >= 0.3 is 11.9 Å². The van der Waals surface area contributed by atoms with E-state index < -0.39 is 23.8 Å². The number of benzene rings is 1. The predicted octanol–water partition coefficient (Wildman–Crippen LogP) is 4.40. The topological polar surface area (TPSA) is 81.7 Å². The first-order valence-electron chi connectivity index (χ1n) is 10.5. The van der Waals surface area contributed by atoms with Crippen LogP contribution in [0.4, 0.5) is 0 Å². The van der Waals surface area contributed by atoms with Gasteiger partial charge in [0.05, 0.1) is 18.8 Å². The number of carbonyl (C=O) groups is 3. The summed E-state index contributed by atoms with van der Waals surface area (Å²) in [5, 5.41) is 3.27. The number of Topliss-reactive ketones (excluding diaryl/α,β-unsaturated/α-hetero) is 1. The van der Waals surface area contributed by atoms with E-state index >= 15 is 0 Å². The molecule has 7 heteroatoms. The Morgan fingerprint density at radius 3 is 2.58 bits per heavy atom. The van der Waals surface area contributed by atoms with Crippen LogP contribution in [0.3, 0.4) is 0 Å². The average molecular weight is 490 g/mol. The number of ether oxygens (including phenoxy) is 2. The normalized spacial score (nSPS) is 24.3. The van der Waals surface area contributed by atoms with Crippen LogP contribution < -0.4 is 5.32 Å². The van der Waals surface area contributed by atoms with Gasteiger partial charge in [-0.3, -0.25) is 9.59 Å². The number of hydrogen-bond donors (Lipinski definition) is 1. The molecule has 4 atom stereocenters. The highest BCUT2D eigenvalue weighted by Crippen LogP contribution is 2.47. The number of methoxy groups -OCH3 is 1. The Labute approximate surface area is 191 Å². The van der Waals surface area contributed by atoms with Gasteiger partial charge in [0.1, 0.15) is 5.92 Å². The molecule has 6 nitrogen and oxygen atoms in total. The van der Waals surface area contributed by atoms with Crippen LogP contribution in [0.5, 0.6) is 0 Å². The van der Waals surface area contributed by atoms with Crippen molar-refractivity contribution in [1.82, 2.24) is 5.32 Å². The van der Waals surface area contributed by atoms with Crippen molar-refractivity contribution in [2.24, 2.45) is 11.8 Å². The van der Waals surface area contributed by atoms with E-state index in [0.29, 0.717) is 29.7 Å². The Morgan fingerprint density at radius 2 is 1.97 bits per heavy atom. The van der Waals surface area contributed by atoms with Crippen molar-refractivity contribution < 1.29 is 23.9 Å². The first-order valence-corrected chi connectivity index (χ1v) is 11.3. The zero-order valence-electron chi connectivity index (χ0n) is 18.5. The molecule has 1 aromatic carbocycles. The second kappa shape index (κ2) is 9.39. The largest absolute Gasteiger partial charge is 0.468 e. The van der Waals surface area contributed by atoms with Gasteiger partial charge in [0.25, 0.3) is 0 Å². The number of halogens is 1. The van der Waals surface area contributed by atoms with Crippen molar-refractivity contribution in [2.75, 3.05) is 7.11 Å². The lowest BCUT2D eigenvalue weighted by Gasteiger charge is -2.38. The highest BCUT2D eigenvalue weighted by molar-refractivity contribution is 9.10. The number of carbonyl (C=O) groups excluding carboxylic acids is 3. The highest BCUT2D eigenvalue weighted by atomic mass is 79.9. The van der Waals surface area contributed by atoms with E-state index in [1.54, 1.807) is 0 Å². The molecule has 166 valence electrons. The number of hydrogen-bond acceptors (Lipinski definition) is 6. The molecule has 1 aliphatic carbocycles. The Balaban J connectivity index is 2.18. The van der Waals surface area contributed by atoms with Gasteiger partial charge in [-0.05, 0) is 44.2 Å². The van der Waals surface area contributed by atoms with Crippen LogP contribution in [-0.2, 0) is 23.9 Å². The molecule has 3 rings (SSSR count). The Hall–Kier alpha value is -2.41. The minimum Gasteiger partial charge on any atom is -0.468 e. The molecule has 0 radical (unpaired) electrons. The van der Waals surface area contributed by atoms with Gasteiger partial charge in [-0.1, -0.05) is 48.0 Å². The van der Waals surface area contributed by atoms with Crippen molar-refractivity contribution >= 4 is 33.7 Å². The average Bonchev–Trinajstić information content (AvgIpc) is 2.72. The Bertz CT molecular complexity index is 980. The molecule has 1 N–H and O–H groups in total. The standard InChI is InChI=1S/C24H28BrNO5/c1-6-13(3)31-24(29)19-14(4)26-17-11-12(2)18(23(28)30-5)22(27)21(17)20(19)15-9-7-8-10-16(15)25/h7-10,12-13,18,20,26H,6,11H2,1-5H3. The van der Waals surface area contributed by atoms with Gasteiger partial charge in [-0.2, -0.15) is 0 Å². The molecular formula is C24H28BrNO5. The summed E-state index contributed by atoms with van der Waals surface area (Å²) in [6.45, 7) is 7.46. The van der Waals surface area contributed by atoms with Crippen molar-refractivity contribution in [1.29, 1.82) is 0 Å². The third-order valence-electron chi connectivity index (χ3n) is 6.06. The Kier molecular flexibility index (Phi) is 7.04. The van der Waals surface area contributed by atoms with Gasteiger partial charge in [-0.25, -0.2) is 4.79 Å². The van der Waals surface area contributed by atoms with E-state index in [1.807, 2.05) is 52.0 Å². The smallest absolute Gasteiger partial charge is 0.337 e. The van der Waals surface area contributed by atoms with Crippen molar-refractivity contribution in [3.05, 3.63) is 56.8 Å². The summed E-state index contributed by atoms with van der Waals surface area (Å²) in [4.78, 5) is 39.3. The molecule has 4 unspecified atom stereocenters. The fourth-order valence-electron chi connectivity index (χ4n) is 4.30. The molecule has 1 heterocycles. The monoisotopic (exact) mass is 489 g/mol. The number of dihydropyridines is 1. The molecule has 0 aromatic heterocycles. The van der Waals surface area contributed by atoms with Crippen molar-refractivity contribution in [3.63, 3.8) is 0 Å².